The number of nitrogens with zero attached hydrogens (tertiary/aromatic N) is 3. The zero-order chi connectivity index (χ0) is 50.8. The number of aliphatic hydroxyl groups excluding tert-OH is 1. The molecule has 0 saturated heterocycles. The van der Waals surface area contributed by atoms with E-state index in [0.29, 0.717) is 136 Å². The van der Waals surface area contributed by atoms with Gasteiger partial charge in [-0.15, -0.1) is 11.3 Å². The predicted octanol–water partition coefficient (Wildman–Crippen LogP) is 4.25. The third kappa shape index (κ3) is 24.2. The van der Waals surface area contributed by atoms with Crippen LogP contribution in [-0.4, -0.2) is 178 Å². The van der Waals surface area contributed by atoms with Crippen molar-refractivity contribution in [1.29, 1.82) is 0 Å². The Kier molecular flexibility index (Phi) is 31.3. The minimum absolute atomic E-state index is 0.0108. The molecule has 1 aliphatic heterocycles. The lowest BCUT2D eigenvalue weighted by Gasteiger charge is -2.22. The minimum atomic E-state index is -1.85. The number of carbonyl (C=O) groups is 2. The van der Waals surface area contributed by atoms with Gasteiger partial charge in [0.15, 0.2) is 23.9 Å². The van der Waals surface area contributed by atoms with Gasteiger partial charge < -0.3 is 73.7 Å². The number of ether oxygens (including phenoxy) is 10. The zero-order valence-electron chi connectivity index (χ0n) is 40.4. The van der Waals surface area contributed by atoms with Crippen molar-refractivity contribution < 1.29 is 79.6 Å². The molecule has 0 saturated carbocycles. The van der Waals surface area contributed by atoms with Crippen LogP contribution in [0.1, 0.15) is 56.2 Å². The van der Waals surface area contributed by atoms with Gasteiger partial charge in [-0.25, -0.2) is 13.8 Å². The van der Waals surface area contributed by atoms with E-state index in [-0.39, 0.29) is 38.4 Å². The topological polar surface area (TPSA) is 225 Å². The normalized spacial score (nSPS) is 13.1. The zero-order valence-corrected chi connectivity index (χ0v) is 41.2. The number of rotatable bonds is 39. The van der Waals surface area contributed by atoms with E-state index < -0.39 is 54.3 Å². The number of benzene rings is 1. The number of hydrogen-bond acceptors (Lipinski definition) is 17. The van der Waals surface area contributed by atoms with Crippen molar-refractivity contribution in [2.75, 3.05) is 138 Å². The summed E-state index contributed by atoms with van der Waals surface area (Å²) >= 11 is 1.58. The monoisotopic (exact) mass is 1020 g/mol. The Bertz CT molecular complexity index is 1880. The van der Waals surface area contributed by atoms with E-state index in [1.54, 1.807) is 11.3 Å². The summed E-state index contributed by atoms with van der Waals surface area (Å²) in [6, 6.07) is 1.99. The van der Waals surface area contributed by atoms with Crippen LogP contribution in [0.25, 0.3) is 6.08 Å². The quantitative estimate of drug-likeness (QED) is 0.0107. The molecule has 0 aliphatic carbocycles. The number of carbonyl (C=O) groups excluding carboxylic acids is 2. The number of esters is 1. The van der Waals surface area contributed by atoms with Crippen molar-refractivity contribution in [3.05, 3.63) is 50.7 Å². The largest absolute Gasteiger partial charge is 0.420 e. The third-order valence-electron chi connectivity index (χ3n) is 9.38. The first kappa shape index (κ1) is 60.0. The summed E-state index contributed by atoms with van der Waals surface area (Å²) in [5.41, 5.74) is 7.67. The second-order valence-corrected chi connectivity index (χ2v) is 16.1. The van der Waals surface area contributed by atoms with Gasteiger partial charge in [0, 0.05) is 49.1 Å². The number of amides is 1. The Labute approximate surface area is 410 Å². The van der Waals surface area contributed by atoms with Crippen molar-refractivity contribution >= 4 is 46.8 Å². The Morgan fingerprint density at radius 1 is 0.757 bits per heavy atom. The van der Waals surface area contributed by atoms with Crippen LogP contribution in [0.5, 0.6) is 5.75 Å². The first-order valence-electron chi connectivity index (χ1n) is 23.4. The van der Waals surface area contributed by atoms with E-state index in [9.17, 15) is 32.3 Å². The Morgan fingerprint density at radius 2 is 1.27 bits per heavy atom. The van der Waals surface area contributed by atoms with Crippen LogP contribution in [-0.2, 0) is 58.8 Å². The van der Waals surface area contributed by atoms with Crippen LogP contribution in [0.15, 0.2) is 27.7 Å². The van der Waals surface area contributed by atoms with E-state index in [1.807, 2.05) is 24.0 Å². The van der Waals surface area contributed by atoms with Gasteiger partial charge in [0.25, 0.3) is 0 Å². The lowest BCUT2D eigenvalue weighted by Crippen LogP contribution is -2.38. The van der Waals surface area contributed by atoms with Crippen molar-refractivity contribution in [2.45, 2.75) is 59.3 Å². The van der Waals surface area contributed by atoms with Gasteiger partial charge in [0.2, 0.25) is 23.3 Å². The standard InChI is InChI=1S/C46H70F4N6O13S/c1-4-9-56(10-5-2)45(59)33-27-38-37(55-39(51)28-33)29-34(70-38)31-54-46(52-6-3)53-8-12-60-13-14-61-15-16-62-17-18-63-19-20-64-21-22-65-23-24-66-25-26-68-41(32-57)67-11-7-40(58)69-44-42(49)35(47)30-36(48)43(44)50/h27,29-30,41,57H,4-26,28,31-32H2,1-3H3,(H2,51,55)(H2,52,53,54). The summed E-state index contributed by atoms with van der Waals surface area (Å²) in [4.78, 5) is 38.1. The maximum atomic E-state index is 13.7. The third-order valence-corrected chi connectivity index (χ3v) is 10.4. The second kappa shape index (κ2) is 36.6. The average molecular weight is 1020 g/mol. The van der Waals surface area contributed by atoms with E-state index >= 15 is 0 Å². The van der Waals surface area contributed by atoms with E-state index in [4.69, 9.17) is 48.4 Å². The Balaban J connectivity index is 1.08. The van der Waals surface area contributed by atoms with Gasteiger partial charge in [-0.05, 0) is 31.9 Å². The molecule has 3 rings (SSSR count). The molecule has 24 heteroatoms. The van der Waals surface area contributed by atoms with Crippen LogP contribution < -0.4 is 21.1 Å². The first-order chi connectivity index (χ1) is 34.0. The summed E-state index contributed by atoms with van der Waals surface area (Å²) in [5.74, 6) is -8.73. The number of amidine groups is 1. The van der Waals surface area contributed by atoms with Crippen LogP contribution in [0.4, 0.5) is 23.2 Å². The SMILES string of the molecule is CCCN(CCC)C(=O)C1=Cc2sc(CN/C(=N\CC)NCCOCCOCCOCCOCCOCCOCCOCCOC(CO)OCCC(=O)Oc3c(F)c(F)cc(F)c3F)cc2N=C(N)C1. The highest BCUT2D eigenvalue weighted by molar-refractivity contribution is 7.13. The minimum Gasteiger partial charge on any atom is -0.420 e. The maximum absolute atomic E-state index is 13.7. The molecule has 0 bridgehead atoms. The molecule has 1 aromatic heterocycles. The molecule has 70 heavy (non-hydrogen) atoms. The summed E-state index contributed by atoms with van der Waals surface area (Å²) in [5, 5.41) is 16.0. The van der Waals surface area contributed by atoms with Crippen molar-refractivity contribution in [3.63, 3.8) is 0 Å². The second-order valence-electron chi connectivity index (χ2n) is 15.0. The molecule has 0 spiro atoms. The molecule has 1 aliphatic rings. The van der Waals surface area contributed by atoms with Gasteiger partial charge in [0.05, 0.1) is 136 Å². The Hall–Kier alpha value is -4.34. The molecule has 5 N–H and O–H groups in total. The van der Waals surface area contributed by atoms with Gasteiger partial charge >= 0.3 is 5.97 Å². The smallest absolute Gasteiger partial charge is 0.313 e. The molecule has 1 unspecified atom stereocenters. The highest BCUT2D eigenvalue weighted by atomic mass is 32.1. The molecule has 396 valence electrons. The fraction of sp³-hybridized carbons (Fsp3) is 0.652. The summed E-state index contributed by atoms with van der Waals surface area (Å²) < 4.78 is 107. The number of halogens is 4. The van der Waals surface area contributed by atoms with Gasteiger partial charge in [-0.1, -0.05) is 13.8 Å². The summed E-state index contributed by atoms with van der Waals surface area (Å²) in [6.07, 6.45) is 2.37. The molecule has 1 atom stereocenters. The summed E-state index contributed by atoms with van der Waals surface area (Å²) in [7, 11) is 0. The molecular weight excluding hydrogens is 953 g/mol. The van der Waals surface area contributed by atoms with Crippen LogP contribution >= 0.6 is 11.3 Å². The molecule has 1 aromatic carbocycles. The molecule has 19 nitrogen and oxygen atoms in total. The van der Waals surface area contributed by atoms with Crippen LogP contribution in [0.3, 0.4) is 0 Å². The Morgan fingerprint density at radius 3 is 1.79 bits per heavy atom. The number of nitrogens with one attached hydrogen (secondary N) is 2. The molecule has 1 amide bonds. The first-order valence-corrected chi connectivity index (χ1v) is 24.2. The number of fused-ring (bicyclic) bond motifs is 1. The van der Waals surface area contributed by atoms with Crippen LogP contribution in [0.2, 0.25) is 0 Å². The number of guanidine groups is 1. The lowest BCUT2D eigenvalue weighted by atomic mass is 10.1. The average Bonchev–Trinajstić information content (AvgIpc) is 3.64. The molecule has 2 heterocycles. The van der Waals surface area contributed by atoms with Crippen molar-refractivity contribution in [2.24, 2.45) is 15.7 Å². The van der Waals surface area contributed by atoms with Gasteiger partial charge in [0.1, 0.15) is 5.84 Å². The fourth-order valence-corrected chi connectivity index (χ4v) is 7.16. The molecule has 2 aromatic rings. The molecule has 0 fully saturated rings. The lowest BCUT2D eigenvalue weighted by molar-refractivity contribution is -0.173. The van der Waals surface area contributed by atoms with Gasteiger partial charge in [-0.3, -0.25) is 14.6 Å². The number of aliphatic hydroxyl groups is 1. The van der Waals surface area contributed by atoms with Crippen molar-refractivity contribution in [3.8, 4) is 5.75 Å². The molecular formula is C46H70F4N6O13S. The van der Waals surface area contributed by atoms with E-state index in [0.717, 1.165) is 28.3 Å². The number of nitrogens with two attached hydrogens (primary N) is 1. The highest BCUT2D eigenvalue weighted by Crippen LogP contribution is 2.35. The number of aliphatic imine (C=N–C) groups is 2. The van der Waals surface area contributed by atoms with Gasteiger partial charge in [-0.2, -0.15) is 8.78 Å². The van der Waals surface area contributed by atoms with Crippen LogP contribution in [0, 0.1) is 23.3 Å². The van der Waals surface area contributed by atoms with Crippen molar-refractivity contribution in [1.82, 2.24) is 15.5 Å². The van der Waals surface area contributed by atoms with E-state index in [2.05, 4.69) is 39.2 Å². The number of thiophene rings is 1. The number of hydrogen-bond donors (Lipinski definition) is 4. The van der Waals surface area contributed by atoms with E-state index in [1.165, 1.54) is 0 Å². The highest BCUT2D eigenvalue weighted by Gasteiger charge is 2.24. The predicted molar refractivity (Wildman–Crippen MR) is 253 cm³/mol. The maximum Gasteiger partial charge on any atom is 0.313 e. The fourth-order valence-electron chi connectivity index (χ4n) is 6.16. The summed E-state index contributed by atoms with van der Waals surface area (Å²) in [6.45, 7) is 13.5. The molecule has 0 radical (unpaired) electrons.